The van der Waals surface area contributed by atoms with E-state index in [9.17, 15) is 44.6 Å². The monoisotopic (exact) mass is 593 g/mol. The first-order valence-corrected chi connectivity index (χ1v) is 10.5. The predicted octanol–water partition coefficient (Wildman–Crippen LogP) is 5.41. The number of anilines is 1. The zero-order chi connectivity index (χ0) is 24.5. The summed E-state index contributed by atoms with van der Waals surface area (Å²) >= 11 is 2.02. The minimum atomic E-state index is -5.28. The second-order valence-corrected chi connectivity index (χ2v) is 7.92. The predicted molar refractivity (Wildman–Crippen MR) is 103 cm³/mol. The summed E-state index contributed by atoms with van der Waals surface area (Å²) in [6.45, 7) is 0.757. The summed E-state index contributed by atoms with van der Waals surface area (Å²) < 4.78 is 125. The molecule has 32 heavy (non-hydrogen) atoms. The zero-order valence-electron chi connectivity index (χ0n) is 16.2. The molecule has 1 aliphatic heterocycles. The van der Waals surface area contributed by atoms with Gasteiger partial charge in [-0.2, -0.15) is 44.6 Å². The van der Waals surface area contributed by atoms with Crippen LogP contribution >= 0.6 is 22.6 Å². The first-order chi connectivity index (χ1) is 14.6. The fourth-order valence-electron chi connectivity index (χ4n) is 3.00. The van der Waals surface area contributed by atoms with E-state index < -0.39 is 53.9 Å². The second-order valence-electron chi connectivity index (χ2n) is 6.85. The van der Waals surface area contributed by atoms with Gasteiger partial charge < -0.3 is 9.84 Å². The Morgan fingerprint density at radius 2 is 1.56 bits per heavy atom. The largest absolute Gasteiger partial charge is 0.433 e. The highest BCUT2D eigenvalue weighted by Crippen LogP contribution is 2.40. The molecule has 0 bridgehead atoms. The number of ether oxygens (including phenoxy) is 1. The van der Waals surface area contributed by atoms with Gasteiger partial charge >= 0.3 is 18.5 Å². The first-order valence-electron chi connectivity index (χ1n) is 9.00. The van der Waals surface area contributed by atoms with Crippen molar-refractivity contribution in [2.24, 2.45) is 11.0 Å². The molecule has 5 nitrogen and oxygen atoms in total. The van der Waals surface area contributed by atoms with Crippen LogP contribution in [-0.2, 0) is 17.1 Å². The minimum absolute atomic E-state index is 0.168. The van der Waals surface area contributed by atoms with Crippen LogP contribution in [0.1, 0.15) is 31.2 Å². The summed E-state index contributed by atoms with van der Waals surface area (Å²) in [6.07, 6.45) is -19.5. The number of aliphatic hydroxyl groups excluding tert-OH is 1. The standard InChI is InChI=1S/C17H17F9IN3O2/c1-8-12(13(17(24,25)26)32-5-3-2-4-27)14(31)30(29-8)9-6-10(15(18,19)20)28-11(7-9)16(21,22)23/h6-7,12-14,31H,2-5H2,1H3. The number of unbranched alkanes of at least 4 members (excludes halogenated alkanes) is 1. The molecule has 1 aliphatic rings. The summed E-state index contributed by atoms with van der Waals surface area (Å²) in [4.78, 5) is 2.53. The lowest BCUT2D eigenvalue weighted by atomic mass is 9.95. The number of hydrogen-bond donors (Lipinski definition) is 1. The molecule has 0 saturated heterocycles. The van der Waals surface area contributed by atoms with Crippen molar-refractivity contribution in [2.45, 2.75) is 50.6 Å². The van der Waals surface area contributed by atoms with Crippen molar-refractivity contribution in [3.05, 3.63) is 23.5 Å². The van der Waals surface area contributed by atoms with Crippen molar-refractivity contribution < 1.29 is 49.4 Å². The first kappa shape index (κ1) is 26.9. The summed E-state index contributed by atoms with van der Waals surface area (Å²) in [5, 5.41) is 14.3. The Balaban J connectivity index is 2.43. The smallest absolute Gasteiger partial charge is 0.371 e. The van der Waals surface area contributed by atoms with Gasteiger partial charge in [0.15, 0.2) is 12.3 Å². The van der Waals surface area contributed by atoms with Gasteiger partial charge in [0.25, 0.3) is 0 Å². The molecule has 0 amide bonds. The van der Waals surface area contributed by atoms with E-state index in [0.717, 1.165) is 6.92 Å². The fraction of sp³-hybridized carbons (Fsp3) is 0.647. The van der Waals surface area contributed by atoms with Crippen LogP contribution in [0.5, 0.6) is 0 Å². The lowest BCUT2D eigenvalue weighted by Crippen LogP contribution is -2.48. The third kappa shape index (κ3) is 6.36. The van der Waals surface area contributed by atoms with Crippen LogP contribution < -0.4 is 5.01 Å². The van der Waals surface area contributed by atoms with Crippen molar-refractivity contribution in [1.82, 2.24) is 4.98 Å². The van der Waals surface area contributed by atoms with Crippen LogP contribution in [0.3, 0.4) is 0 Å². The van der Waals surface area contributed by atoms with Crippen molar-refractivity contribution in [1.29, 1.82) is 0 Å². The normalized spacial score (nSPS) is 21.1. The molecule has 3 unspecified atom stereocenters. The van der Waals surface area contributed by atoms with Gasteiger partial charge in [-0.25, -0.2) is 9.99 Å². The summed E-state index contributed by atoms with van der Waals surface area (Å²) in [5.41, 5.74) is -5.16. The molecule has 1 aromatic rings. The van der Waals surface area contributed by atoms with Crippen LogP contribution in [0.15, 0.2) is 17.2 Å². The van der Waals surface area contributed by atoms with Gasteiger partial charge in [-0.05, 0) is 36.3 Å². The molecule has 0 aromatic carbocycles. The number of aromatic nitrogens is 1. The molecule has 0 saturated carbocycles. The summed E-state index contributed by atoms with van der Waals surface area (Å²) in [7, 11) is 0. The SMILES string of the molecule is CC1=NN(c2cc(C(F)(F)F)nc(C(F)(F)F)c2)C(O)C1C(OCCCCI)C(F)(F)F. The highest BCUT2D eigenvalue weighted by Gasteiger charge is 2.53. The van der Waals surface area contributed by atoms with Gasteiger partial charge in [-0.3, -0.25) is 0 Å². The van der Waals surface area contributed by atoms with Gasteiger partial charge in [0.2, 0.25) is 0 Å². The lowest BCUT2D eigenvalue weighted by Gasteiger charge is -2.30. The minimum Gasteiger partial charge on any atom is -0.371 e. The van der Waals surface area contributed by atoms with Gasteiger partial charge in [0, 0.05) is 12.3 Å². The molecule has 0 fully saturated rings. The number of aliphatic hydroxyl groups is 1. The Morgan fingerprint density at radius 3 is 2.00 bits per heavy atom. The maximum Gasteiger partial charge on any atom is 0.433 e. The van der Waals surface area contributed by atoms with Gasteiger partial charge in [0.05, 0.1) is 11.6 Å². The Labute approximate surface area is 189 Å². The molecule has 2 heterocycles. The molecule has 15 heteroatoms. The Kier molecular flexibility index (Phi) is 8.29. The molecule has 2 rings (SSSR count). The molecular weight excluding hydrogens is 576 g/mol. The third-order valence-corrected chi connectivity index (χ3v) is 5.21. The van der Waals surface area contributed by atoms with Crippen molar-refractivity contribution in [2.75, 3.05) is 16.0 Å². The highest BCUT2D eigenvalue weighted by molar-refractivity contribution is 14.1. The van der Waals surface area contributed by atoms with E-state index in [1.807, 2.05) is 22.6 Å². The van der Waals surface area contributed by atoms with E-state index in [-0.39, 0.29) is 35.9 Å². The van der Waals surface area contributed by atoms with E-state index in [4.69, 9.17) is 4.74 Å². The van der Waals surface area contributed by atoms with Gasteiger partial charge in [-0.1, -0.05) is 22.6 Å². The molecule has 0 aliphatic carbocycles. The van der Waals surface area contributed by atoms with Crippen LogP contribution in [0, 0.1) is 5.92 Å². The average Bonchev–Trinajstić information content (AvgIpc) is 2.93. The molecule has 1 aromatic heterocycles. The van der Waals surface area contributed by atoms with Crippen LogP contribution in [0.25, 0.3) is 0 Å². The average molecular weight is 593 g/mol. The summed E-state index contributed by atoms with van der Waals surface area (Å²) in [5.74, 6) is -1.87. The van der Waals surface area contributed by atoms with Crippen LogP contribution in [0.4, 0.5) is 45.2 Å². The van der Waals surface area contributed by atoms with E-state index in [0.29, 0.717) is 10.8 Å². The Morgan fingerprint density at radius 1 is 1.03 bits per heavy atom. The molecule has 182 valence electrons. The highest BCUT2D eigenvalue weighted by atomic mass is 127. The Hall–Kier alpha value is -1.36. The number of hydrogen-bond acceptors (Lipinski definition) is 5. The number of nitrogens with zero attached hydrogens (tertiary/aromatic N) is 3. The lowest BCUT2D eigenvalue weighted by molar-refractivity contribution is -0.235. The van der Waals surface area contributed by atoms with Gasteiger partial charge in [0.1, 0.15) is 11.4 Å². The van der Waals surface area contributed by atoms with E-state index in [1.165, 1.54) is 0 Å². The van der Waals surface area contributed by atoms with E-state index >= 15 is 0 Å². The number of pyridine rings is 1. The maximum atomic E-state index is 13.6. The quantitative estimate of drug-likeness (QED) is 0.199. The molecule has 3 atom stereocenters. The summed E-state index contributed by atoms with van der Waals surface area (Å²) in [6, 6.07) is 0.336. The van der Waals surface area contributed by atoms with E-state index in [1.54, 1.807) is 0 Å². The zero-order valence-corrected chi connectivity index (χ0v) is 18.3. The van der Waals surface area contributed by atoms with E-state index in [2.05, 4.69) is 10.1 Å². The Bertz CT molecular complexity index is 795. The topological polar surface area (TPSA) is 58.0 Å². The third-order valence-electron chi connectivity index (χ3n) is 4.45. The number of rotatable bonds is 7. The molecular formula is C17H17F9IN3O2. The second kappa shape index (κ2) is 9.87. The van der Waals surface area contributed by atoms with Crippen molar-refractivity contribution in [3.8, 4) is 0 Å². The maximum absolute atomic E-state index is 13.6. The van der Waals surface area contributed by atoms with Crippen LogP contribution in [0.2, 0.25) is 0 Å². The fourth-order valence-corrected chi connectivity index (χ4v) is 3.54. The van der Waals surface area contributed by atoms with Gasteiger partial charge in [-0.15, -0.1) is 0 Å². The number of alkyl halides is 10. The van der Waals surface area contributed by atoms with Crippen molar-refractivity contribution >= 4 is 34.0 Å². The number of halogens is 10. The van der Waals surface area contributed by atoms with Crippen LogP contribution in [-0.4, -0.2) is 45.3 Å². The molecule has 0 radical (unpaired) electrons. The molecule has 0 spiro atoms. The number of hydrazone groups is 1. The molecule has 1 N–H and O–H groups in total. The van der Waals surface area contributed by atoms with Crippen molar-refractivity contribution in [3.63, 3.8) is 0 Å².